The molecule has 1 N–H and O–H groups in total. The van der Waals surface area contributed by atoms with Crippen molar-refractivity contribution in [3.05, 3.63) is 23.8 Å². The molecule has 5 nitrogen and oxygen atoms in total. The highest BCUT2D eigenvalue weighted by molar-refractivity contribution is 8.13. The maximum absolute atomic E-state index is 12.0. The molecule has 0 saturated carbocycles. The Labute approximate surface area is 105 Å². The van der Waals surface area contributed by atoms with Crippen LogP contribution in [0.4, 0.5) is 8.78 Å². The number of hydrogen-bond donors (Lipinski definition) is 1. The summed E-state index contributed by atoms with van der Waals surface area (Å²) in [4.78, 5) is 10.00. The van der Waals surface area contributed by atoms with E-state index in [1.807, 2.05) is 0 Å². The Kier molecular flexibility index (Phi) is 4.47. The van der Waals surface area contributed by atoms with Crippen molar-refractivity contribution in [3.8, 4) is 5.75 Å². The van der Waals surface area contributed by atoms with Crippen LogP contribution in [0.3, 0.4) is 0 Å². The van der Waals surface area contributed by atoms with Crippen molar-refractivity contribution < 1.29 is 31.8 Å². The third-order valence-electron chi connectivity index (χ3n) is 1.82. The number of aromatic carboxylic acids is 1. The Balaban J connectivity index is 3.22. The lowest BCUT2D eigenvalue weighted by Gasteiger charge is -2.09. The number of carboxylic acids is 1. The number of carbonyl (C=O) groups is 1. The molecule has 1 aromatic carbocycles. The summed E-state index contributed by atoms with van der Waals surface area (Å²) in [5.74, 6) is -1.80. The van der Waals surface area contributed by atoms with Gasteiger partial charge < -0.3 is 9.84 Å². The van der Waals surface area contributed by atoms with Gasteiger partial charge in [-0.05, 0) is 18.2 Å². The molecular weight excluding hydrogens is 294 g/mol. The Morgan fingerprint density at radius 1 is 1.44 bits per heavy atom. The van der Waals surface area contributed by atoms with Crippen LogP contribution >= 0.6 is 10.7 Å². The van der Waals surface area contributed by atoms with Crippen LogP contribution in [0.25, 0.3) is 0 Å². The predicted octanol–water partition coefficient (Wildman–Crippen LogP) is 1.96. The molecule has 0 spiro atoms. The summed E-state index contributed by atoms with van der Waals surface area (Å²) in [6, 6.07) is 2.72. The first kappa shape index (κ1) is 14.7. The highest BCUT2D eigenvalue weighted by Gasteiger charge is 2.20. The first-order chi connectivity index (χ1) is 8.21. The molecule has 100 valence electrons. The topological polar surface area (TPSA) is 80.7 Å². The third-order valence-corrected chi connectivity index (χ3v) is 3.16. The molecule has 0 aliphatic rings. The number of halogens is 3. The highest BCUT2D eigenvalue weighted by Crippen LogP contribution is 2.28. The number of benzene rings is 1. The highest BCUT2D eigenvalue weighted by atomic mass is 35.7. The number of ether oxygens (including phenoxy) is 1. The van der Waals surface area contributed by atoms with Crippen molar-refractivity contribution in [3.63, 3.8) is 0 Å². The Morgan fingerprint density at radius 3 is 2.50 bits per heavy atom. The second kappa shape index (κ2) is 5.49. The van der Waals surface area contributed by atoms with Gasteiger partial charge >= 0.3 is 5.97 Å². The quantitative estimate of drug-likeness (QED) is 0.841. The van der Waals surface area contributed by atoms with E-state index >= 15 is 0 Å². The van der Waals surface area contributed by atoms with Crippen LogP contribution in [0.15, 0.2) is 23.1 Å². The molecule has 1 rings (SSSR count). The van der Waals surface area contributed by atoms with Gasteiger partial charge in [-0.3, -0.25) is 0 Å². The van der Waals surface area contributed by atoms with E-state index in [1.54, 1.807) is 0 Å². The lowest BCUT2D eigenvalue weighted by molar-refractivity contribution is 0.0694. The molecular formula is C9H7ClF2O5S. The number of carboxylic acid groups (broad SMARTS) is 1. The summed E-state index contributed by atoms with van der Waals surface area (Å²) >= 11 is 0. The minimum Gasteiger partial charge on any atom is -0.486 e. The van der Waals surface area contributed by atoms with E-state index in [0.29, 0.717) is 0 Å². The Morgan fingerprint density at radius 2 is 2.06 bits per heavy atom. The van der Waals surface area contributed by atoms with Crippen molar-refractivity contribution >= 4 is 25.7 Å². The van der Waals surface area contributed by atoms with Crippen LogP contribution in [-0.4, -0.2) is 32.5 Å². The average molecular weight is 301 g/mol. The van der Waals surface area contributed by atoms with Crippen molar-refractivity contribution in [1.29, 1.82) is 0 Å². The minimum absolute atomic E-state index is 0.348. The van der Waals surface area contributed by atoms with E-state index in [9.17, 15) is 22.0 Å². The molecule has 0 aliphatic carbocycles. The average Bonchev–Trinajstić information content (AvgIpc) is 2.24. The lowest BCUT2D eigenvalue weighted by Crippen LogP contribution is -2.10. The molecule has 0 bridgehead atoms. The van der Waals surface area contributed by atoms with E-state index in [2.05, 4.69) is 4.74 Å². The van der Waals surface area contributed by atoms with Gasteiger partial charge in [-0.25, -0.2) is 22.0 Å². The molecule has 0 saturated heterocycles. The summed E-state index contributed by atoms with van der Waals surface area (Å²) in [7, 11) is 0.769. The fourth-order valence-corrected chi connectivity index (χ4v) is 2.10. The second-order valence-electron chi connectivity index (χ2n) is 3.11. The molecule has 0 atom stereocenters. The van der Waals surface area contributed by atoms with Crippen LogP contribution in [0.5, 0.6) is 5.75 Å². The number of hydrogen-bond acceptors (Lipinski definition) is 4. The summed E-state index contributed by atoms with van der Waals surface area (Å²) in [5, 5.41) is 8.69. The molecule has 0 radical (unpaired) electrons. The fraction of sp³-hybridized carbons (Fsp3) is 0.222. The normalized spacial score (nSPS) is 11.6. The zero-order valence-electron chi connectivity index (χ0n) is 8.64. The third kappa shape index (κ3) is 3.81. The first-order valence-corrected chi connectivity index (χ1v) is 6.75. The van der Waals surface area contributed by atoms with Gasteiger partial charge in [-0.15, -0.1) is 0 Å². The molecule has 0 unspecified atom stereocenters. The standard InChI is InChI=1S/C9H7ClF2O5S/c10-18(15,16)7-3-5(9(13)14)1-2-6(7)17-4-8(11)12/h1-3,8H,4H2,(H,13,14). The predicted molar refractivity (Wildman–Crippen MR) is 57.9 cm³/mol. The summed E-state index contributed by atoms with van der Waals surface area (Å²) < 4.78 is 50.8. The largest absolute Gasteiger partial charge is 0.486 e. The van der Waals surface area contributed by atoms with E-state index < -0.39 is 38.7 Å². The van der Waals surface area contributed by atoms with Crippen molar-refractivity contribution in [2.24, 2.45) is 0 Å². The Hall–Kier alpha value is -1.41. The zero-order chi connectivity index (χ0) is 13.9. The maximum Gasteiger partial charge on any atom is 0.335 e. The van der Waals surface area contributed by atoms with E-state index in [1.165, 1.54) is 0 Å². The van der Waals surface area contributed by atoms with Crippen LogP contribution in [0.2, 0.25) is 0 Å². The molecule has 18 heavy (non-hydrogen) atoms. The first-order valence-electron chi connectivity index (χ1n) is 4.45. The summed E-state index contributed by atoms with van der Waals surface area (Å²) in [5.41, 5.74) is -0.348. The van der Waals surface area contributed by atoms with E-state index in [-0.39, 0.29) is 5.56 Å². The van der Waals surface area contributed by atoms with Gasteiger partial charge in [-0.2, -0.15) is 0 Å². The van der Waals surface area contributed by atoms with Crippen LogP contribution in [-0.2, 0) is 9.05 Å². The molecule has 0 amide bonds. The molecule has 0 heterocycles. The summed E-state index contributed by atoms with van der Waals surface area (Å²) in [6.45, 7) is -1.02. The molecule has 0 aromatic heterocycles. The number of alkyl halides is 2. The van der Waals surface area contributed by atoms with Gasteiger partial charge in [0.1, 0.15) is 17.3 Å². The Bertz CT molecular complexity index is 558. The maximum atomic E-state index is 12.0. The molecule has 9 heteroatoms. The van der Waals surface area contributed by atoms with Gasteiger partial charge in [0.05, 0.1) is 5.56 Å². The lowest BCUT2D eigenvalue weighted by atomic mass is 10.2. The second-order valence-corrected chi connectivity index (χ2v) is 5.64. The van der Waals surface area contributed by atoms with Gasteiger partial charge in [0.2, 0.25) is 0 Å². The molecule has 0 aliphatic heterocycles. The van der Waals surface area contributed by atoms with Gasteiger partial charge in [0, 0.05) is 10.7 Å². The van der Waals surface area contributed by atoms with Crippen LogP contribution in [0.1, 0.15) is 10.4 Å². The van der Waals surface area contributed by atoms with Crippen LogP contribution in [0, 0.1) is 0 Å². The van der Waals surface area contributed by atoms with E-state index in [4.69, 9.17) is 15.8 Å². The van der Waals surface area contributed by atoms with Gasteiger partial charge in [0.15, 0.2) is 0 Å². The monoisotopic (exact) mass is 300 g/mol. The minimum atomic E-state index is -4.30. The van der Waals surface area contributed by atoms with Crippen molar-refractivity contribution in [2.45, 2.75) is 11.3 Å². The molecule has 0 fully saturated rings. The fourth-order valence-electron chi connectivity index (χ4n) is 1.10. The van der Waals surface area contributed by atoms with Crippen LogP contribution < -0.4 is 4.74 Å². The smallest absolute Gasteiger partial charge is 0.335 e. The van der Waals surface area contributed by atoms with Crippen molar-refractivity contribution in [2.75, 3.05) is 6.61 Å². The SMILES string of the molecule is O=C(O)c1ccc(OCC(F)F)c(S(=O)(=O)Cl)c1. The zero-order valence-corrected chi connectivity index (χ0v) is 10.2. The van der Waals surface area contributed by atoms with Gasteiger partial charge in [-0.1, -0.05) is 0 Å². The van der Waals surface area contributed by atoms with E-state index in [0.717, 1.165) is 18.2 Å². The molecule has 1 aromatic rings. The van der Waals surface area contributed by atoms with Crippen molar-refractivity contribution in [1.82, 2.24) is 0 Å². The van der Waals surface area contributed by atoms with Gasteiger partial charge in [0.25, 0.3) is 15.5 Å². The summed E-state index contributed by atoms with van der Waals surface area (Å²) in [6.07, 6.45) is -2.80. The number of rotatable bonds is 5.